The van der Waals surface area contributed by atoms with Gasteiger partial charge in [0, 0.05) is 19.3 Å². The highest BCUT2D eigenvalue weighted by Crippen LogP contribution is 2.15. The van der Waals surface area contributed by atoms with Crippen molar-refractivity contribution in [3.05, 3.63) is 72.9 Å². The van der Waals surface area contributed by atoms with Gasteiger partial charge in [-0.1, -0.05) is 241 Å². The quantitative estimate of drug-likeness (QED) is 0.0262. The third-order valence-electron chi connectivity index (χ3n) is 11.7. The summed E-state index contributed by atoms with van der Waals surface area (Å²) >= 11 is 0. The van der Waals surface area contributed by atoms with Gasteiger partial charge in [0.25, 0.3) is 0 Å². The number of esters is 3. The zero-order chi connectivity index (χ0) is 47.2. The molecule has 0 aliphatic rings. The molecule has 0 saturated carbocycles. The average molecular weight is 907 g/mol. The van der Waals surface area contributed by atoms with Crippen LogP contribution in [0.15, 0.2) is 72.9 Å². The van der Waals surface area contributed by atoms with Crippen LogP contribution in [-0.4, -0.2) is 37.2 Å². The van der Waals surface area contributed by atoms with E-state index in [0.717, 1.165) is 89.9 Å². The fraction of sp³-hybridized carbons (Fsp3) is 0.746. The number of rotatable bonds is 49. The molecule has 0 N–H and O–H groups in total. The summed E-state index contributed by atoms with van der Waals surface area (Å²) in [4.78, 5) is 38.0. The Morgan fingerprint density at radius 3 is 1.03 bits per heavy atom. The van der Waals surface area contributed by atoms with Crippen LogP contribution in [0.25, 0.3) is 0 Å². The minimum absolute atomic E-state index is 0.0982. The van der Waals surface area contributed by atoms with Gasteiger partial charge in [0.2, 0.25) is 0 Å². The normalized spacial score (nSPS) is 12.6. The van der Waals surface area contributed by atoms with Gasteiger partial charge in [-0.3, -0.25) is 14.4 Å². The fourth-order valence-electron chi connectivity index (χ4n) is 7.60. The maximum absolute atomic E-state index is 12.8. The topological polar surface area (TPSA) is 78.9 Å². The minimum atomic E-state index is -0.802. The average Bonchev–Trinajstić information content (AvgIpc) is 3.30. The van der Waals surface area contributed by atoms with Gasteiger partial charge >= 0.3 is 17.9 Å². The second-order valence-electron chi connectivity index (χ2n) is 18.1. The molecule has 1 unspecified atom stereocenters. The van der Waals surface area contributed by atoms with Crippen molar-refractivity contribution in [1.29, 1.82) is 0 Å². The maximum Gasteiger partial charge on any atom is 0.306 e. The monoisotopic (exact) mass is 907 g/mol. The molecule has 0 amide bonds. The van der Waals surface area contributed by atoms with Gasteiger partial charge in [-0.25, -0.2) is 0 Å². The Bertz CT molecular complexity index is 1230. The molecule has 6 heteroatoms. The van der Waals surface area contributed by atoms with E-state index in [9.17, 15) is 14.4 Å². The van der Waals surface area contributed by atoms with Crippen molar-refractivity contribution in [2.75, 3.05) is 13.2 Å². The van der Waals surface area contributed by atoms with E-state index in [1.54, 1.807) is 0 Å². The summed E-state index contributed by atoms with van der Waals surface area (Å²) in [7, 11) is 0. The fourth-order valence-corrected chi connectivity index (χ4v) is 7.60. The van der Waals surface area contributed by atoms with E-state index >= 15 is 0 Å². The number of ether oxygens (including phenoxy) is 3. The van der Waals surface area contributed by atoms with Gasteiger partial charge in [-0.05, 0) is 77.0 Å². The van der Waals surface area contributed by atoms with Crippen LogP contribution < -0.4 is 0 Å². The molecule has 0 spiro atoms. The van der Waals surface area contributed by atoms with Crippen molar-refractivity contribution in [3.63, 3.8) is 0 Å². The molecule has 0 radical (unpaired) electrons. The summed E-state index contributed by atoms with van der Waals surface area (Å²) in [5, 5.41) is 0. The third kappa shape index (κ3) is 51.7. The Kier molecular flexibility index (Phi) is 50.9. The zero-order valence-electron chi connectivity index (χ0n) is 42.7. The van der Waals surface area contributed by atoms with E-state index in [0.29, 0.717) is 19.3 Å². The van der Waals surface area contributed by atoms with Crippen molar-refractivity contribution < 1.29 is 28.6 Å². The Labute approximate surface area is 402 Å². The molecule has 374 valence electrons. The van der Waals surface area contributed by atoms with Crippen LogP contribution in [0.3, 0.4) is 0 Å². The van der Waals surface area contributed by atoms with Gasteiger partial charge in [-0.2, -0.15) is 0 Å². The van der Waals surface area contributed by atoms with E-state index in [-0.39, 0.29) is 37.5 Å². The molecule has 0 aromatic heterocycles. The second kappa shape index (κ2) is 53.5. The number of hydrogen-bond acceptors (Lipinski definition) is 6. The van der Waals surface area contributed by atoms with Crippen molar-refractivity contribution in [2.24, 2.45) is 0 Å². The largest absolute Gasteiger partial charge is 0.462 e. The lowest BCUT2D eigenvalue weighted by Crippen LogP contribution is -2.30. The molecule has 65 heavy (non-hydrogen) atoms. The first kappa shape index (κ1) is 61.9. The SMILES string of the molecule is CC/C=C\C/C=C\C/C=C\C/C=C\CCCCCCCCC(=O)OCC(COC(=O)CC/C=C\C/C=C\CCCCCCCC)OC(=O)CCCCCCCCCCCCCCCCC. The predicted molar refractivity (Wildman–Crippen MR) is 279 cm³/mol. The van der Waals surface area contributed by atoms with Crippen LogP contribution in [0, 0.1) is 0 Å². The number of carbonyl (C=O) groups is 3. The maximum atomic E-state index is 12.8. The number of carbonyl (C=O) groups excluding carboxylic acids is 3. The molecular formula is C59H102O6. The summed E-state index contributed by atoms with van der Waals surface area (Å²) < 4.78 is 16.8. The van der Waals surface area contributed by atoms with Gasteiger partial charge in [0.1, 0.15) is 13.2 Å². The number of hydrogen-bond donors (Lipinski definition) is 0. The van der Waals surface area contributed by atoms with E-state index < -0.39 is 6.10 Å². The lowest BCUT2D eigenvalue weighted by Gasteiger charge is -2.18. The van der Waals surface area contributed by atoms with Crippen LogP contribution >= 0.6 is 0 Å². The molecule has 0 aromatic carbocycles. The lowest BCUT2D eigenvalue weighted by atomic mass is 10.0. The van der Waals surface area contributed by atoms with Crippen LogP contribution in [0.2, 0.25) is 0 Å². The second-order valence-corrected chi connectivity index (χ2v) is 18.1. The van der Waals surface area contributed by atoms with E-state index in [4.69, 9.17) is 14.2 Å². The van der Waals surface area contributed by atoms with Crippen molar-refractivity contribution in [2.45, 2.75) is 271 Å². The van der Waals surface area contributed by atoms with E-state index in [2.05, 4.69) is 87.6 Å². The van der Waals surface area contributed by atoms with Crippen molar-refractivity contribution >= 4 is 17.9 Å². The number of allylic oxidation sites excluding steroid dienone is 12. The van der Waals surface area contributed by atoms with E-state index in [1.165, 1.54) is 128 Å². The molecule has 0 heterocycles. The van der Waals surface area contributed by atoms with Crippen molar-refractivity contribution in [1.82, 2.24) is 0 Å². The summed E-state index contributed by atoms with van der Waals surface area (Å²) in [6, 6.07) is 0. The summed E-state index contributed by atoms with van der Waals surface area (Å²) in [5.41, 5.74) is 0. The third-order valence-corrected chi connectivity index (χ3v) is 11.7. The molecule has 0 saturated heterocycles. The Morgan fingerprint density at radius 1 is 0.323 bits per heavy atom. The molecule has 1 atom stereocenters. The van der Waals surface area contributed by atoms with Crippen molar-refractivity contribution in [3.8, 4) is 0 Å². The van der Waals surface area contributed by atoms with E-state index in [1.807, 2.05) is 6.08 Å². The summed E-state index contributed by atoms with van der Waals surface area (Å²) in [5.74, 6) is -0.974. The zero-order valence-corrected chi connectivity index (χ0v) is 42.7. The molecule has 0 aliphatic heterocycles. The highest BCUT2D eigenvalue weighted by Gasteiger charge is 2.19. The van der Waals surface area contributed by atoms with Crippen LogP contribution in [0.1, 0.15) is 265 Å². The Balaban J connectivity index is 4.43. The smallest absolute Gasteiger partial charge is 0.306 e. The highest BCUT2D eigenvalue weighted by molar-refractivity contribution is 5.71. The molecule has 0 aromatic rings. The highest BCUT2D eigenvalue weighted by atomic mass is 16.6. The first-order valence-corrected chi connectivity index (χ1v) is 27.4. The molecular weight excluding hydrogens is 805 g/mol. The van der Waals surface area contributed by atoms with Gasteiger partial charge < -0.3 is 14.2 Å². The summed E-state index contributed by atoms with van der Waals surface area (Å²) in [6.45, 7) is 6.47. The molecule has 0 rings (SSSR count). The first-order valence-electron chi connectivity index (χ1n) is 27.4. The van der Waals surface area contributed by atoms with Crippen LogP contribution in [-0.2, 0) is 28.6 Å². The first-order chi connectivity index (χ1) is 32.0. The van der Waals surface area contributed by atoms with Crippen LogP contribution in [0.4, 0.5) is 0 Å². The molecule has 0 bridgehead atoms. The predicted octanol–water partition coefficient (Wildman–Crippen LogP) is 18.2. The molecule has 6 nitrogen and oxygen atoms in total. The Morgan fingerprint density at radius 2 is 0.631 bits per heavy atom. The van der Waals surface area contributed by atoms with Crippen LogP contribution in [0.5, 0.6) is 0 Å². The molecule has 0 aliphatic carbocycles. The van der Waals surface area contributed by atoms with Gasteiger partial charge in [-0.15, -0.1) is 0 Å². The number of unbranched alkanes of at least 4 members (excludes halogenated alkanes) is 26. The minimum Gasteiger partial charge on any atom is -0.462 e. The van der Waals surface area contributed by atoms with Gasteiger partial charge in [0.05, 0.1) is 0 Å². The van der Waals surface area contributed by atoms with Gasteiger partial charge in [0.15, 0.2) is 6.10 Å². The summed E-state index contributed by atoms with van der Waals surface area (Å²) in [6.07, 6.45) is 67.6. The molecule has 0 fully saturated rings. The lowest BCUT2D eigenvalue weighted by molar-refractivity contribution is -0.166. The Hall–Kier alpha value is -3.15. The standard InChI is InChI=1S/C59H102O6/c1-4-7-10-13-16-19-22-25-27-28-29-30-32-34-37-40-43-46-49-52-58(61)64-55-56(54-63-57(60)51-48-45-42-39-36-33-24-21-18-15-12-9-6-3)65-59(62)53-50-47-44-41-38-35-31-26-23-20-17-14-11-8-5-2/h7,10,16,19,25,27,29-30,33,36,42,45,56H,4-6,8-9,11-15,17-18,20-24,26,28,31-32,34-35,37-41,43-44,46-55H2,1-3H3/b10-7-,19-16-,27-25-,30-29-,36-33-,45-42-.